The Morgan fingerprint density at radius 2 is 1.90 bits per heavy atom. The topological polar surface area (TPSA) is 32.3 Å². The van der Waals surface area contributed by atoms with E-state index in [-0.39, 0.29) is 11.3 Å². The fourth-order valence-electron chi connectivity index (χ4n) is 2.48. The zero-order chi connectivity index (χ0) is 14.6. The lowest BCUT2D eigenvalue weighted by atomic mass is 9.80. The quantitative estimate of drug-likeness (QED) is 0.855. The van der Waals surface area contributed by atoms with E-state index in [2.05, 4.69) is 40.1 Å². The molecule has 0 radical (unpaired) electrons. The predicted molar refractivity (Wildman–Crippen MR) is 86.2 cm³/mol. The van der Waals surface area contributed by atoms with Crippen molar-refractivity contribution in [2.45, 2.75) is 25.1 Å². The molecule has 1 aliphatic rings. The summed E-state index contributed by atoms with van der Waals surface area (Å²) in [6.45, 7) is 5.27. The van der Waals surface area contributed by atoms with Crippen molar-refractivity contribution < 1.29 is 4.79 Å². The van der Waals surface area contributed by atoms with Crippen LogP contribution >= 0.6 is 15.9 Å². The number of nitrogens with zero attached hydrogens (tertiary/aromatic N) is 1. The van der Waals surface area contributed by atoms with Crippen LogP contribution in [0.2, 0.25) is 0 Å². The van der Waals surface area contributed by atoms with Crippen LogP contribution in [0.3, 0.4) is 0 Å². The van der Waals surface area contributed by atoms with Crippen LogP contribution in [0, 0.1) is 5.41 Å². The van der Waals surface area contributed by atoms with Crippen LogP contribution in [0.4, 0.5) is 0 Å². The van der Waals surface area contributed by atoms with Gasteiger partial charge in [-0.25, -0.2) is 0 Å². The molecule has 0 atom stereocenters. The summed E-state index contributed by atoms with van der Waals surface area (Å²) in [6.07, 6.45) is 2.29. The average Bonchev–Trinajstić information content (AvgIpc) is 2.48. The van der Waals surface area contributed by atoms with Crippen molar-refractivity contribution >= 4 is 21.8 Å². The zero-order valence-electron chi connectivity index (χ0n) is 12.3. The number of alkyl halides is 1. The van der Waals surface area contributed by atoms with E-state index in [0.29, 0.717) is 0 Å². The van der Waals surface area contributed by atoms with Gasteiger partial charge in [0.25, 0.3) is 5.91 Å². The smallest absolute Gasteiger partial charge is 0.251 e. The fourth-order valence-corrected chi connectivity index (χ4v) is 2.85. The van der Waals surface area contributed by atoms with Gasteiger partial charge in [0.2, 0.25) is 0 Å². The molecular weight excluding hydrogens is 316 g/mol. The summed E-state index contributed by atoms with van der Waals surface area (Å²) >= 11 is 3.41. The number of hydrogen-bond acceptors (Lipinski definition) is 2. The largest absolute Gasteiger partial charge is 0.351 e. The predicted octanol–water partition coefficient (Wildman–Crippen LogP) is 3.04. The highest BCUT2D eigenvalue weighted by Gasteiger charge is 2.29. The normalized spacial score (nSPS) is 18.8. The highest BCUT2D eigenvalue weighted by Crippen LogP contribution is 2.29. The Balaban J connectivity index is 1.88. The summed E-state index contributed by atoms with van der Waals surface area (Å²) in [5.74, 6) is 0.0336. The van der Waals surface area contributed by atoms with E-state index in [0.717, 1.165) is 43.4 Å². The molecular formula is C16H23BrN2O. The fraction of sp³-hybridized carbons (Fsp3) is 0.562. The van der Waals surface area contributed by atoms with E-state index in [1.807, 2.05) is 24.3 Å². The first-order valence-corrected chi connectivity index (χ1v) is 8.26. The lowest BCUT2D eigenvalue weighted by Crippen LogP contribution is -2.43. The van der Waals surface area contributed by atoms with Gasteiger partial charge in [-0.05, 0) is 56.1 Å². The molecule has 0 saturated carbocycles. The van der Waals surface area contributed by atoms with Crippen molar-refractivity contribution in [1.29, 1.82) is 0 Å². The molecule has 0 aromatic heterocycles. The number of nitrogens with one attached hydrogen (secondary N) is 1. The number of likely N-dealkylation sites (tertiary alicyclic amines) is 1. The summed E-state index contributed by atoms with van der Waals surface area (Å²) in [4.78, 5) is 14.5. The maximum absolute atomic E-state index is 12.2. The molecule has 2 rings (SSSR count). The molecule has 0 aliphatic carbocycles. The van der Waals surface area contributed by atoms with Gasteiger partial charge in [0.15, 0.2) is 0 Å². The molecule has 0 spiro atoms. The third-order valence-electron chi connectivity index (χ3n) is 4.24. The van der Waals surface area contributed by atoms with E-state index < -0.39 is 0 Å². The zero-order valence-corrected chi connectivity index (χ0v) is 13.9. The molecule has 4 heteroatoms. The summed E-state index contributed by atoms with van der Waals surface area (Å²) in [5.41, 5.74) is 2.16. The van der Waals surface area contributed by atoms with Crippen molar-refractivity contribution in [3.63, 3.8) is 0 Å². The molecule has 1 N–H and O–H groups in total. The van der Waals surface area contributed by atoms with E-state index in [4.69, 9.17) is 0 Å². The number of carbonyl (C=O) groups excluding carboxylic acids is 1. The van der Waals surface area contributed by atoms with E-state index in [9.17, 15) is 4.79 Å². The SMILES string of the molecule is CN1CCC(C)(CNC(=O)c2ccc(CBr)cc2)CC1. The maximum Gasteiger partial charge on any atom is 0.251 e. The molecule has 1 aromatic rings. The highest BCUT2D eigenvalue weighted by molar-refractivity contribution is 9.08. The Bertz CT molecular complexity index is 450. The Kier molecular flexibility index (Phi) is 5.22. The van der Waals surface area contributed by atoms with Crippen molar-refractivity contribution in [2.75, 3.05) is 26.7 Å². The molecule has 0 bridgehead atoms. The second-order valence-corrected chi connectivity index (χ2v) is 6.69. The standard InChI is InChI=1S/C16H23BrN2O/c1-16(7-9-19(2)10-8-16)12-18-15(20)14-5-3-13(11-17)4-6-14/h3-6H,7-12H2,1-2H3,(H,18,20). The van der Waals surface area contributed by atoms with Gasteiger partial charge in [0.1, 0.15) is 0 Å². The van der Waals surface area contributed by atoms with Crippen molar-refractivity contribution in [3.05, 3.63) is 35.4 Å². The van der Waals surface area contributed by atoms with Crippen LogP contribution in [0.25, 0.3) is 0 Å². The highest BCUT2D eigenvalue weighted by atomic mass is 79.9. The van der Waals surface area contributed by atoms with Crippen LogP contribution in [-0.2, 0) is 5.33 Å². The van der Waals surface area contributed by atoms with Gasteiger partial charge in [-0.15, -0.1) is 0 Å². The first kappa shape index (κ1) is 15.5. The number of rotatable bonds is 4. The first-order valence-electron chi connectivity index (χ1n) is 7.14. The molecule has 1 heterocycles. The molecule has 1 aliphatic heterocycles. The molecule has 110 valence electrons. The second-order valence-electron chi connectivity index (χ2n) is 6.13. The molecule has 1 saturated heterocycles. The summed E-state index contributed by atoms with van der Waals surface area (Å²) in [5, 5.41) is 3.91. The molecule has 1 amide bonds. The lowest BCUT2D eigenvalue weighted by Gasteiger charge is -2.37. The van der Waals surface area contributed by atoms with Crippen molar-refractivity contribution in [3.8, 4) is 0 Å². The minimum Gasteiger partial charge on any atom is -0.351 e. The molecule has 1 fully saturated rings. The van der Waals surface area contributed by atoms with E-state index >= 15 is 0 Å². The number of amides is 1. The molecule has 0 unspecified atom stereocenters. The first-order chi connectivity index (χ1) is 9.52. The van der Waals surface area contributed by atoms with Crippen molar-refractivity contribution in [1.82, 2.24) is 10.2 Å². The summed E-state index contributed by atoms with van der Waals surface area (Å²) < 4.78 is 0. The Morgan fingerprint density at radius 3 is 2.45 bits per heavy atom. The Labute approximate surface area is 129 Å². The number of carbonyl (C=O) groups is 1. The lowest BCUT2D eigenvalue weighted by molar-refractivity contribution is 0.0891. The third-order valence-corrected chi connectivity index (χ3v) is 4.89. The number of benzene rings is 1. The van der Waals surface area contributed by atoms with Gasteiger partial charge in [0.05, 0.1) is 0 Å². The van der Waals surface area contributed by atoms with Crippen LogP contribution in [0.1, 0.15) is 35.7 Å². The van der Waals surface area contributed by atoms with E-state index in [1.54, 1.807) is 0 Å². The molecule has 3 nitrogen and oxygen atoms in total. The van der Waals surface area contributed by atoms with Crippen LogP contribution in [0.5, 0.6) is 0 Å². The van der Waals surface area contributed by atoms with Gasteiger partial charge in [-0.3, -0.25) is 4.79 Å². The molecule has 20 heavy (non-hydrogen) atoms. The summed E-state index contributed by atoms with van der Waals surface area (Å²) in [7, 11) is 2.16. The monoisotopic (exact) mass is 338 g/mol. The number of piperidine rings is 1. The minimum atomic E-state index is 0.0336. The van der Waals surface area contributed by atoms with Crippen LogP contribution in [-0.4, -0.2) is 37.5 Å². The van der Waals surface area contributed by atoms with Gasteiger partial charge >= 0.3 is 0 Å². The second kappa shape index (κ2) is 6.72. The Hall–Kier alpha value is -0.870. The number of hydrogen-bond donors (Lipinski definition) is 1. The minimum absolute atomic E-state index is 0.0336. The maximum atomic E-state index is 12.2. The van der Waals surface area contributed by atoms with Crippen molar-refractivity contribution in [2.24, 2.45) is 5.41 Å². The average molecular weight is 339 g/mol. The van der Waals surface area contributed by atoms with Gasteiger partial charge in [-0.2, -0.15) is 0 Å². The summed E-state index contributed by atoms with van der Waals surface area (Å²) in [6, 6.07) is 7.76. The molecule has 1 aromatic carbocycles. The Morgan fingerprint density at radius 1 is 1.30 bits per heavy atom. The van der Waals surface area contributed by atoms with Crippen LogP contribution < -0.4 is 5.32 Å². The van der Waals surface area contributed by atoms with Gasteiger partial charge < -0.3 is 10.2 Å². The van der Waals surface area contributed by atoms with Gasteiger partial charge in [-0.1, -0.05) is 35.0 Å². The van der Waals surface area contributed by atoms with E-state index in [1.165, 1.54) is 5.56 Å². The van der Waals surface area contributed by atoms with Gasteiger partial charge in [0, 0.05) is 17.4 Å². The number of halogens is 1. The van der Waals surface area contributed by atoms with Crippen LogP contribution in [0.15, 0.2) is 24.3 Å². The third kappa shape index (κ3) is 4.06.